The highest BCUT2D eigenvalue weighted by atomic mass is 16.5. The lowest BCUT2D eigenvalue weighted by Crippen LogP contribution is -2.22. The van der Waals surface area contributed by atoms with Gasteiger partial charge in [-0.05, 0) is 31.5 Å². The Morgan fingerprint density at radius 2 is 2.22 bits per heavy atom. The summed E-state index contributed by atoms with van der Waals surface area (Å²) in [5.74, 6) is 1.31. The van der Waals surface area contributed by atoms with Crippen LogP contribution in [0.4, 0.5) is 5.69 Å². The van der Waals surface area contributed by atoms with Gasteiger partial charge >= 0.3 is 0 Å². The molecule has 0 radical (unpaired) electrons. The van der Waals surface area contributed by atoms with Gasteiger partial charge in [0.25, 0.3) is 5.56 Å². The lowest BCUT2D eigenvalue weighted by molar-refractivity contribution is 0.318. The largest absolute Gasteiger partial charge is 0.493 e. The second kappa shape index (κ2) is 7.48. The Labute approximate surface area is 156 Å². The number of fused-ring (bicyclic) bond motifs is 1. The molecule has 0 bridgehead atoms. The van der Waals surface area contributed by atoms with Crippen LogP contribution in [-0.4, -0.2) is 39.4 Å². The summed E-state index contributed by atoms with van der Waals surface area (Å²) in [4.78, 5) is 23.9. The summed E-state index contributed by atoms with van der Waals surface area (Å²) in [6.07, 6.45) is 0.861. The van der Waals surface area contributed by atoms with E-state index in [1.807, 2.05) is 32.0 Å². The molecule has 0 saturated heterocycles. The summed E-state index contributed by atoms with van der Waals surface area (Å²) < 4.78 is 7.38. The highest BCUT2D eigenvalue weighted by molar-refractivity contribution is 5.93. The third kappa shape index (κ3) is 3.62. The van der Waals surface area contributed by atoms with Crippen LogP contribution < -0.4 is 21.3 Å². The number of anilines is 1. The third-order valence-corrected chi connectivity index (χ3v) is 4.07. The zero-order valence-electron chi connectivity index (χ0n) is 15.8. The van der Waals surface area contributed by atoms with Crippen molar-refractivity contribution in [3.63, 3.8) is 0 Å². The van der Waals surface area contributed by atoms with E-state index in [4.69, 9.17) is 10.5 Å². The summed E-state index contributed by atoms with van der Waals surface area (Å²) in [6, 6.07) is 5.47. The van der Waals surface area contributed by atoms with Crippen LogP contribution in [0.5, 0.6) is 5.75 Å². The fraction of sp³-hybridized carbons (Fsp3) is 0.333. The lowest BCUT2D eigenvalue weighted by atomic mass is 10.1. The van der Waals surface area contributed by atoms with E-state index in [0.717, 1.165) is 6.42 Å². The van der Waals surface area contributed by atoms with Gasteiger partial charge < -0.3 is 20.8 Å². The molecule has 2 heterocycles. The van der Waals surface area contributed by atoms with E-state index in [0.29, 0.717) is 46.2 Å². The molecule has 2 aromatic heterocycles. The molecule has 0 fully saturated rings. The molecule has 9 nitrogen and oxygen atoms in total. The molecule has 3 rings (SSSR count). The Kier molecular flexibility index (Phi) is 5.11. The minimum Gasteiger partial charge on any atom is -0.493 e. The molecule has 1 aromatic carbocycles. The Morgan fingerprint density at radius 1 is 1.44 bits per heavy atom. The summed E-state index contributed by atoms with van der Waals surface area (Å²) in [5, 5.41) is 7.27. The van der Waals surface area contributed by atoms with Crippen LogP contribution in [0.1, 0.15) is 19.0 Å². The number of nitrogens with one attached hydrogen (secondary N) is 2. The lowest BCUT2D eigenvalue weighted by Gasteiger charge is -2.13. The van der Waals surface area contributed by atoms with E-state index in [1.54, 1.807) is 14.1 Å². The zero-order chi connectivity index (χ0) is 19.6. The number of aromatic amines is 1. The number of hydrogen-bond acceptors (Lipinski definition) is 5. The van der Waals surface area contributed by atoms with Gasteiger partial charge in [-0.15, -0.1) is 0 Å². The van der Waals surface area contributed by atoms with Gasteiger partial charge in [0, 0.05) is 19.8 Å². The Morgan fingerprint density at radius 3 is 2.93 bits per heavy atom. The fourth-order valence-electron chi connectivity index (χ4n) is 2.80. The first kappa shape index (κ1) is 18.4. The maximum absolute atomic E-state index is 12.6. The van der Waals surface area contributed by atoms with Gasteiger partial charge in [-0.1, -0.05) is 6.92 Å². The van der Waals surface area contributed by atoms with Crippen LogP contribution in [0.2, 0.25) is 0 Å². The van der Waals surface area contributed by atoms with Crippen molar-refractivity contribution in [3.05, 3.63) is 34.2 Å². The third-order valence-electron chi connectivity index (χ3n) is 4.07. The van der Waals surface area contributed by atoms with Crippen LogP contribution in [-0.2, 0) is 7.05 Å². The fourth-order valence-corrected chi connectivity index (χ4v) is 2.80. The van der Waals surface area contributed by atoms with Crippen molar-refractivity contribution in [2.24, 2.45) is 17.8 Å². The first-order valence-corrected chi connectivity index (χ1v) is 8.64. The summed E-state index contributed by atoms with van der Waals surface area (Å²) >= 11 is 0. The van der Waals surface area contributed by atoms with E-state index < -0.39 is 0 Å². The standard InChI is InChI=1S/C18H23N7O2/c1-5-8-27-13-7-6-11(21-18(19)20-3)9-12(13)16-22-14-10(2)24-25(4)15(14)17(26)23-16/h6-7,9H,5,8H2,1-4H3,(H3,19,20,21)(H,22,23,26). The number of aliphatic imine (C=N–C) groups is 1. The van der Waals surface area contributed by atoms with Crippen LogP contribution in [0.15, 0.2) is 28.0 Å². The number of ether oxygens (including phenoxy) is 1. The van der Waals surface area contributed by atoms with Crippen LogP contribution in [0.3, 0.4) is 0 Å². The second-order valence-electron chi connectivity index (χ2n) is 6.11. The maximum atomic E-state index is 12.6. The van der Waals surface area contributed by atoms with Gasteiger partial charge in [-0.3, -0.25) is 14.5 Å². The summed E-state index contributed by atoms with van der Waals surface area (Å²) in [5.41, 5.74) is 8.55. The van der Waals surface area contributed by atoms with Crippen LogP contribution in [0.25, 0.3) is 22.4 Å². The number of rotatable bonds is 5. The number of guanidine groups is 1. The second-order valence-corrected chi connectivity index (χ2v) is 6.11. The molecule has 27 heavy (non-hydrogen) atoms. The van der Waals surface area contributed by atoms with E-state index in [1.165, 1.54) is 4.68 Å². The van der Waals surface area contributed by atoms with Crippen molar-refractivity contribution in [2.75, 3.05) is 19.0 Å². The van der Waals surface area contributed by atoms with Crippen LogP contribution >= 0.6 is 0 Å². The van der Waals surface area contributed by atoms with Gasteiger partial charge in [0.2, 0.25) is 0 Å². The van der Waals surface area contributed by atoms with Crippen molar-refractivity contribution in [1.82, 2.24) is 19.7 Å². The highest BCUT2D eigenvalue weighted by Crippen LogP contribution is 2.31. The van der Waals surface area contributed by atoms with E-state index in [2.05, 4.69) is 25.4 Å². The molecule has 0 amide bonds. The molecule has 142 valence electrons. The Balaban J connectivity index is 2.18. The monoisotopic (exact) mass is 369 g/mol. The molecule has 9 heteroatoms. The van der Waals surface area contributed by atoms with Crippen molar-refractivity contribution in [3.8, 4) is 17.1 Å². The molecule has 0 aliphatic rings. The van der Waals surface area contributed by atoms with E-state index in [-0.39, 0.29) is 11.5 Å². The maximum Gasteiger partial charge on any atom is 0.277 e. The predicted octanol–water partition coefficient (Wildman–Crippen LogP) is 1.78. The minimum absolute atomic E-state index is 0.257. The van der Waals surface area contributed by atoms with Gasteiger partial charge in [-0.25, -0.2) is 4.98 Å². The number of benzene rings is 1. The van der Waals surface area contributed by atoms with Gasteiger partial charge in [-0.2, -0.15) is 5.10 Å². The zero-order valence-corrected chi connectivity index (χ0v) is 15.8. The average molecular weight is 369 g/mol. The number of hydrogen-bond donors (Lipinski definition) is 3. The average Bonchev–Trinajstić information content (AvgIpc) is 2.94. The molecular weight excluding hydrogens is 346 g/mol. The number of aromatic nitrogens is 4. The van der Waals surface area contributed by atoms with Crippen molar-refractivity contribution in [2.45, 2.75) is 20.3 Å². The molecule has 0 spiro atoms. The highest BCUT2D eigenvalue weighted by Gasteiger charge is 2.16. The first-order chi connectivity index (χ1) is 12.9. The van der Waals surface area contributed by atoms with Crippen molar-refractivity contribution in [1.29, 1.82) is 0 Å². The molecule has 0 atom stereocenters. The number of nitrogens with two attached hydrogens (primary N) is 1. The first-order valence-electron chi connectivity index (χ1n) is 8.64. The summed E-state index contributed by atoms with van der Waals surface area (Å²) in [6.45, 7) is 4.40. The van der Waals surface area contributed by atoms with E-state index >= 15 is 0 Å². The molecule has 0 unspecified atom stereocenters. The van der Waals surface area contributed by atoms with Crippen LogP contribution in [0, 0.1) is 6.92 Å². The topological polar surface area (TPSA) is 123 Å². The SMILES string of the molecule is CCCOc1ccc(NC(N)=NC)cc1-c1nc2c(C)nn(C)c2c(=O)[nH]1. The molecule has 0 aliphatic carbocycles. The molecule has 0 saturated carbocycles. The van der Waals surface area contributed by atoms with Crippen molar-refractivity contribution < 1.29 is 4.74 Å². The number of H-pyrrole nitrogens is 1. The number of nitrogens with zero attached hydrogens (tertiary/aromatic N) is 4. The summed E-state index contributed by atoms with van der Waals surface area (Å²) in [7, 11) is 3.32. The predicted molar refractivity (Wildman–Crippen MR) is 106 cm³/mol. The Hall–Kier alpha value is -3.36. The molecule has 4 N–H and O–H groups in total. The minimum atomic E-state index is -0.257. The van der Waals surface area contributed by atoms with Gasteiger partial charge in [0.05, 0.1) is 17.9 Å². The molecular formula is C18H23N7O2. The molecule has 3 aromatic rings. The van der Waals surface area contributed by atoms with Gasteiger partial charge in [0.1, 0.15) is 17.1 Å². The Bertz CT molecular complexity index is 1070. The smallest absolute Gasteiger partial charge is 0.277 e. The van der Waals surface area contributed by atoms with Gasteiger partial charge in [0.15, 0.2) is 11.5 Å². The van der Waals surface area contributed by atoms with Crippen molar-refractivity contribution >= 4 is 22.7 Å². The quantitative estimate of drug-likeness (QED) is 0.465. The van der Waals surface area contributed by atoms with E-state index in [9.17, 15) is 4.79 Å². The number of aryl methyl sites for hydroxylation is 2. The molecule has 0 aliphatic heterocycles. The normalized spacial score (nSPS) is 11.8.